The molecule has 2 aromatic carbocycles. The van der Waals surface area contributed by atoms with E-state index < -0.39 is 46.2 Å². The molecule has 2 amide bonds. The summed E-state index contributed by atoms with van der Waals surface area (Å²) in [5.41, 5.74) is 0.321. The van der Waals surface area contributed by atoms with Crippen LogP contribution in [-0.4, -0.2) is 50.0 Å². The number of hydrogen-bond donors (Lipinski definition) is 1. The number of anilines is 1. The van der Waals surface area contributed by atoms with Crippen LogP contribution in [0.4, 0.5) is 18.9 Å². The van der Waals surface area contributed by atoms with Crippen LogP contribution >= 0.6 is 0 Å². The van der Waals surface area contributed by atoms with E-state index in [1.807, 2.05) is 19.1 Å². The van der Waals surface area contributed by atoms with Crippen LogP contribution < -0.4 is 9.62 Å². The summed E-state index contributed by atoms with van der Waals surface area (Å²) in [6.45, 7) is 6.40. The molecule has 11 heteroatoms. The highest BCUT2D eigenvalue weighted by Crippen LogP contribution is 2.32. The van der Waals surface area contributed by atoms with Crippen LogP contribution in [0.5, 0.6) is 0 Å². The number of benzene rings is 2. The number of carbonyl (C=O) groups is 2. The molecule has 0 saturated heterocycles. The Morgan fingerprint density at radius 3 is 2.22 bits per heavy atom. The summed E-state index contributed by atoms with van der Waals surface area (Å²) in [7, 11) is -4.14. The number of aryl methyl sites for hydroxylation is 1. The third-order valence-electron chi connectivity index (χ3n) is 5.39. The number of hydrogen-bond acceptors (Lipinski definition) is 4. The summed E-state index contributed by atoms with van der Waals surface area (Å²) < 4.78 is 65.5. The highest BCUT2D eigenvalue weighted by atomic mass is 32.2. The number of nitrogens with one attached hydrogen (secondary N) is 1. The topological polar surface area (TPSA) is 86.8 Å². The second-order valence-corrected chi connectivity index (χ2v) is 10.8. The van der Waals surface area contributed by atoms with Crippen molar-refractivity contribution in [1.29, 1.82) is 0 Å². The first kappa shape index (κ1) is 29.2. The molecule has 0 aliphatic carbocycles. The van der Waals surface area contributed by atoms with Crippen LogP contribution in [-0.2, 0) is 32.3 Å². The van der Waals surface area contributed by atoms with Gasteiger partial charge >= 0.3 is 6.18 Å². The Morgan fingerprint density at radius 2 is 1.69 bits per heavy atom. The molecule has 0 saturated carbocycles. The summed E-state index contributed by atoms with van der Waals surface area (Å²) >= 11 is 0. The van der Waals surface area contributed by atoms with Gasteiger partial charge in [-0.25, -0.2) is 8.42 Å². The van der Waals surface area contributed by atoms with Crippen LogP contribution in [0.15, 0.2) is 48.5 Å². The summed E-state index contributed by atoms with van der Waals surface area (Å²) in [5.74, 6) is -1.12. The number of carbonyl (C=O) groups excluding carboxylic acids is 2. The highest BCUT2D eigenvalue weighted by Gasteiger charge is 2.34. The van der Waals surface area contributed by atoms with Crippen molar-refractivity contribution in [3.63, 3.8) is 0 Å². The molecule has 0 bridgehead atoms. The van der Waals surface area contributed by atoms with Gasteiger partial charge in [0.15, 0.2) is 0 Å². The average Bonchev–Trinajstić information content (AvgIpc) is 2.75. The molecule has 7 nitrogen and oxygen atoms in total. The fourth-order valence-electron chi connectivity index (χ4n) is 3.76. The van der Waals surface area contributed by atoms with E-state index >= 15 is 0 Å². The molecule has 0 aliphatic rings. The molecule has 0 fully saturated rings. The number of sulfonamides is 1. The number of nitrogens with zero attached hydrogens (tertiary/aromatic N) is 2. The van der Waals surface area contributed by atoms with Gasteiger partial charge in [0.05, 0.1) is 17.5 Å². The van der Waals surface area contributed by atoms with Crippen molar-refractivity contribution in [2.45, 2.75) is 58.9 Å². The van der Waals surface area contributed by atoms with E-state index in [0.29, 0.717) is 10.4 Å². The maximum Gasteiger partial charge on any atom is 0.416 e. The largest absolute Gasteiger partial charge is 0.416 e. The lowest BCUT2D eigenvalue weighted by molar-refractivity contribution is -0.140. The van der Waals surface area contributed by atoms with Crippen LogP contribution in [0, 0.1) is 6.92 Å². The third-order valence-corrected chi connectivity index (χ3v) is 6.53. The van der Waals surface area contributed by atoms with E-state index in [4.69, 9.17) is 0 Å². The van der Waals surface area contributed by atoms with Gasteiger partial charge in [0.2, 0.25) is 21.8 Å². The first-order valence-electron chi connectivity index (χ1n) is 11.4. The van der Waals surface area contributed by atoms with Crippen molar-refractivity contribution in [2.75, 3.05) is 17.1 Å². The quantitative estimate of drug-likeness (QED) is 0.504. The molecule has 0 heterocycles. The Morgan fingerprint density at radius 1 is 1.06 bits per heavy atom. The van der Waals surface area contributed by atoms with E-state index in [9.17, 15) is 31.2 Å². The van der Waals surface area contributed by atoms with Gasteiger partial charge in [0, 0.05) is 12.6 Å². The minimum absolute atomic E-state index is 0.0186. The predicted octanol–water partition coefficient (Wildman–Crippen LogP) is 4.11. The van der Waals surface area contributed by atoms with Crippen LogP contribution in [0.2, 0.25) is 0 Å². The zero-order chi connectivity index (χ0) is 27.3. The van der Waals surface area contributed by atoms with Crippen molar-refractivity contribution in [3.05, 3.63) is 65.2 Å². The standard InChI is InChI=1S/C25H32F3N3O4S/c1-6-22(24(33)29-17(2)3)30(15-19-10-7-9-18(4)13-19)23(32)16-31(36(5,34)35)21-12-8-11-20(14-21)25(26,27)28/h7-14,17,22H,6,15-16H2,1-5H3,(H,29,33)/t22-/m1/s1. The smallest absolute Gasteiger partial charge is 0.352 e. The normalized spacial score (nSPS) is 12.8. The lowest BCUT2D eigenvalue weighted by Crippen LogP contribution is -2.53. The molecule has 2 rings (SSSR count). The minimum atomic E-state index is -4.69. The Kier molecular flexibility index (Phi) is 9.53. The summed E-state index contributed by atoms with van der Waals surface area (Å²) in [4.78, 5) is 27.8. The lowest BCUT2D eigenvalue weighted by atomic mass is 10.1. The molecule has 1 atom stereocenters. The van der Waals surface area contributed by atoms with Gasteiger partial charge in [-0.3, -0.25) is 13.9 Å². The van der Waals surface area contributed by atoms with Gasteiger partial charge in [0.1, 0.15) is 12.6 Å². The zero-order valence-electron chi connectivity index (χ0n) is 21.0. The van der Waals surface area contributed by atoms with E-state index in [0.717, 1.165) is 29.5 Å². The molecular weight excluding hydrogens is 495 g/mol. The fourth-order valence-corrected chi connectivity index (χ4v) is 4.60. The van der Waals surface area contributed by atoms with Gasteiger partial charge in [-0.15, -0.1) is 0 Å². The van der Waals surface area contributed by atoms with Crippen LogP contribution in [0.25, 0.3) is 0 Å². The van der Waals surface area contributed by atoms with E-state index in [-0.39, 0.29) is 24.7 Å². The average molecular weight is 528 g/mol. The van der Waals surface area contributed by atoms with E-state index in [2.05, 4.69) is 5.32 Å². The molecule has 2 aromatic rings. The van der Waals surface area contributed by atoms with Gasteiger partial charge in [0.25, 0.3) is 0 Å². The second kappa shape index (κ2) is 11.8. The second-order valence-electron chi connectivity index (χ2n) is 8.92. The maximum atomic E-state index is 13.6. The van der Waals surface area contributed by atoms with Gasteiger partial charge < -0.3 is 10.2 Å². The van der Waals surface area contributed by atoms with Crippen molar-refractivity contribution < 1.29 is 31.2 Å². The number of rotatable bonds is 10. The first-order valence-corrected chi connectivity index (χ1v) is 13.3. The Balaban J connectivity index is 2.49. The summed E-state index contributed by atoms with van der Waals surface area (Å²) in [6, 6.07) is 9.96. The lowest BCUT2D eigenvalue weighted by Gasteiger charge is -2.33. The number of amides is 2. The van der Waals surface area contributed by atoms with Gasteiger partial charge in [-0.1, -0.05) is 42.8 Å². The van der Waals surface area contributed by atoms with E-state index in [1.54, 1.807) is 32.9 Å². The van der Waals surface area contributed by atoms with Crippen molar-refractivity contribution >= 4 is 27.5 Å². The number of halogens is 3. The molecule has 0 radical (unpaired) electrons. The van der Waals surface area contributed by atoms with Crippen LogP contribution in [0.1, 0.15) is 43.9 Å². The maximum absolute atomic E-state index is 13.6. The van der Waals surface area contributed by atoms with Crippen molar-refractivity contribution in [3.8, 4) is 0 Å². The predicted molar refractivity (Wildman–Crippen MR) is 133 cm³/mol. The van der Waals surface area contributed by atoms with E-state index in [1.165, 1.54) is 11.0 Å². The van der Waals surface area contributed by atoms with Crippen molar-refractivity contribution in [2.24, 2.45) is 0 Å². The molecule has 198 valence electrons. The molecule has 0 spiro atoms. The van der Waals surface area contributed by atoms with Crippen LogP contribution in [0.3, 0.4) is 0 Å². The Labute approximate surface area is 210 Å². The monoisotopic (exact) mass is 527 g/mol. The molecule has 0 aliphatic heterocycles. The van der Waals surface area contributed by atoms with Gasteiger partial charge in [-0.05, 0) is 51.0 Å². The van der Waals surface area contributed by atoms with Crippen molar-refractivity contribution in [1.82, 2.24) is 10.2 Å². The SMILES string of the molecule is CC[C@H](C(=O)NC(C)C)N(Cc1cccc(C)c1)C(=O)CN(c1cccc(C(F)(F)F)c1)S(C)(=O)=O. The molecule has 36 heavy (non-hydrogen) atoms. The highest BCUT2D eigenvalue weighted by molar-refractivity contribution is 7.92. The molecule has 1 N–H and O–H groups in total. The molecule has 0 aromatic heterocycles. The Bertz CT molecular complexity index is 1180. The third kappa shape index (κ3) is 7.97. The summed E-state index contributed by atoms with van der Waals surface area (Å²) in [5, 5.41) is 2.78. The fraction of sp³-hybridized carbons (Fsp3) is 0.440. The minimum Gasteiger partial charge on any atom is -0.352 e. The molecule has 0 unspecified atom stereocenters. The zero-order valence-corrected chi connectivity index (χ0v) is 21.8. The first-order chi connectivity index (χ1) is 16.6. The molecular formula is C25H32F3N3O4S. The summed E-state index contributed by atoms with van der Waals surface area (Å²) in [6.07, 6.45) is -3.63. The Hall–Kier alpha value is -3.08. The van der Waals surface area contributed by atoms with Gasteiger partial charge in [-0.2, -0.15) is 13.2 Å². The number of alkyl halides is 3.